The number of fused-ring (bicyclic) bond motifs is 3. The van der Waals surface area contributed by atoms with Gasteiger partial charge in [-0.25, -0.2) is 4.79 Å². The Hall–Kier alpha value is -3.11. The summed E-state index contributed by atoms with van der Waals surface area (Å²) in [5, 5.41) is 10.6. The summed E-state index contributed by atoms with van der Waals surface area (Å²) in [4.78, 5) is 25.5. The van der Waals surface area contributed by atoms with Crippen LogP contribution >= 0.6 is 15.9 Å². The smallest absolute Gasteiger partial charge is 0.407 e. The number of amides is 1. The Kier molecular flexibility index (Phi) is 6.47. The van der Waals surface area contributed by atoms with E-state index in [0.717, 1.165) is 53.3 Å². The molecule has 1 saturated carbocycles. The molecule has 3 aliphatic heterocycles. The summed E-state index contributed by atoms with van der Waals surface area (Å²) in [5.74, 6) is 1.99. The van der Waals surface area contributed by atoms with E-state index in [1.54, 1.807) is 4.90 Å². The standard InChI is InChI=1S/C29H31BrN4O5/c30-24-22(18-6-7-18)13-23-25(26(24)38-16-17-4-2-1-3-5-17)31-28(39-21-8-10-37-11-9-21)32-27(23)33-14-20-12-19(33)15-34(20)29(35)36/h1-5,13,18-21H,6-12,14-16H2,(H,35,36)/t19-,20-/m0/s1. The number of halogens is 1. The molecule has 7 rings (SSSR count). The molecule has 39 heavy (non-hydrogen) atoms. The Morgan fingerprint density at radius 1 is 1.08 bits per heavy atom. The first-order chi connectivity index (χ1) is 19.0. The molecule has 4 heterocycles. The number of hydrogen-bond acceptors (Lipinski definition) is 7. The van der Waals surface area contributed by atoms with Crippen molar-refractivity contribution in [3.05, 3.63) is 52.0 Å². The topological polar surface area (TPSA) is 97.3 Å². The molecule has 2 aromatic carbocycles. The Labute approximate surface area is 235 Å². The van der Waals surface area contributed by atoms with Crippen LogP contribution in [-0.4, -0.2) is 70.6 Å². The Balaban J connectivity index is 1.33. The van der Waals surface area contributed by atoms with Crippen LogP contribution in [0.3, 0.4) is 0 Å². The zero-order valence-electron chi connectivity index (χ0n) is 21.6. The number of anilines is 1. The third-order valence-corrected chi connectivity index (χ3v) is 9.13. The normalized spacial score (nSPS) is 23.0. The molecule has 1 aromatic heterocycles. The van der Waals surface area contributed by atoms with E-state index < -0.39 is 6.09 Å². The molecule has 4 aliphatic rings. The molecule has 204 valence electrons. The molecule has 1 amide bonds. The molecule has 1 aliphatic carbocycles. The van der Waals surface area contributed by atoms with E-state index in [2.05, 4.69) is 39.0 Å². The lowest BCUT2D eigenvalue weighted by Gasteiger charge is -2.34. The largest absolute Gasteiger partial charge is 0.485 e. The summed E-state index contributed by atoms with van der Waals surface area (Å²) < 4.78 is 19.3. The van der Waals surface area contributed by atoms with Crippen LogP contribution in [0.5, 0.6) is 11.8 Å². The summed E-state index contributed by atoms with van der Waals surface area (Å²) in [6, 6.07) is 12.7. The van der Waals surface area contributed by atoms with Crippen molar-refractivity contribution in [2.75, 3.05) is 31.2 Å². The van der Waals surface area contributed by atoms with E-state index in [-0.39, 0.29) is 18.2 Å². The third kappa shape index (κ3) is 4.78. The second-order valence-electron chi connectivity index (χ2n) is 10.9. The maximum atomic E-state index is 11.7. The van der Waals surface area contributed by atoms with Crippen molar-refractivity contribution in [2.45, 2.75) is 62.8 Å². The van der Waals surface area contributed by atoms with Crippen LogP contribution in [0.2, 0.25) is 0 Å². The Bertz CT molecular complexity index is 1400. The molecular formula is C29H31BrN4O5. The highest BCUT2D eigenvalue weighted by atomic mass is 79.9. The van der Waals surface area contributed by atoms with Gasteiger partial charge >= 0.3 is 12.1 Å². The summed E-state index contributed by atoms with van der Waals surface area (Å²) in [7, 11) is 0. The highest BCUT2D eigenvalue weighted by Gasteiger charge is 2.46. The fourth-order valence-corrected chi connectivity index (χ4v) is 6.87. The highest BCUT2D eigenvalue weighted by Crippen LogP contribution is 2.50. The lowest BCUT2D eigenvalue weighted by Crippen LogP contribution is -2.48. The molecule has 2 atom stereocenters. The first-order valence-corrected chi connectivity index (χ1v) is 14.6. The minimum atomic E-state index is -0.852. The van der Waals surface area contributed by atoms with Gasteiger partial charge in [0, 0.05) is 31.3 Å². The first kappa shape index (κ1) is 24.9. The van der Waals surface area contributed by atoms with E-state index in [0.29, 0.717) is 56.1 Å². The average molecular weight is 595 g/mol. The van der Waals surface area contributed by atoms with E-state index in [4.69, 9.17) is 24.2 Å². The van der Waals surface area contributed by atoms with Gasteiger partial charge in [-0.3, -0.25) is 0 Å². The minimum Gasteiger partial charge on any atom is -0.485 e. The molecule has 2 bridgehead atoms. The van der Waals surface area contributed by atoms with Gasteiger partial charge in [0.25, 0.3) is 0 Å². The molecule has 9 nitrogen and oxygen atoms in total. The van der Waals surface area contributed by atoms with Gasteiger partial charge in [0.2, 0.25) is 0 Å². The van der Waals surface area contributed by atoms with Crippen molar-refractivity contribution < 1.29 is 24.1 Å². The van der Waals surface area contributed by atoms with Gasteiger partial charge < -0.3 is 29.1 Å². The third-order valence-electron chi connectivity index (χ3n) is 8.31. The number of nitrogens with zero attached hydrogens (tertiary/aromatic N) is 4. The molecule has 0 spiro atoms. The van der Waals surface area contributed by atoms with Crippen molar-refractivity contribution in [3.8, 4) is 11.8 Å². The molecule has 1 N–H and O–H groups in total. The summed E-state index contributed by atoms with van der Waals surface area (Å²) in [6.07, 6.45) is 3.81. The van der Waals surface area contributed by atoms with Crippen LogP contribution < -0.4 is 14.4 Å². The van der Waals surface area contributed by atoms with Gasteiger partial charge in [-0.1, -0.05) is 30.3 Å². The van der Waals surface area contributed by atoms with E-state index in [1.165, 1.54) is 5.56 Å². The van der Waals surface area contributed by atoms with Crippen LogP contribution in [0.15, 0.2) is 40.9 Å². The number of benzene rings is 2. The monoisotopic (exact) mass is 594 g/mol. The number of rotatable bonds is 7. The Morgan fingerprint density at radius 3 is 2.56 bits per heavy atom. The van der Waals surface area contributed by atoms with Crippen molar-refractivity contribution in [3.63, 3.8) is 0 Å². The molecular weight excluding hydrogens is 564 g/mol. The lowest BCUT2D eigenvalue weighted by atomic mass is 10.1. The van der Waals surface area contributed by atoms with Gasteiger partial charge in [-0.2, -0.15) is 9.97 Å². The summed E-state index contributed by atoms with van der Waals surface area (Å²) in [5.41, 5.74) is 3.00. The molecule has 4 fully saturated rings. The first-order valence-electron chi connectivity index (χ1n) is 13.8. The predicted molar refractivity (Wildman–Crippen MR) is 149 cm³/mol. The lowest BCUT2D eigenvalue weighted by molar-refractivity contribution is 0.0219. The average Bonchev–Trinajstić information content (AvgIpc) is 3.59. The van der Waals surface area contributed by atoms with Gasteiger partial charge in [-0.15, -0.1) is 0 Å². The number of carboxylic acid groups (broad SMARTS) is 1. The van der Waals surface area contributed by atoms with Crippen molar-refractivity contribution >= 4 is 38.7 Å². The second kappa shape index (κ2) is 10.1. The number of piperazine rings is 1. The van der Waals surface area contributed by atoms with Gasteiger partial charge in [0.05, 0.1) is 29.8 Å². The second-order valence-corrected chi connectivity index (χ2v) is 11.7. The van der Waals surface area contributed by atoms with Crippen molar-refractivity contribution in [2.24, 2.45) is 0 Å². The van der Waals surface area contributed by atoms with Gasteiger partial charge in [0.1, 0.15) is 24.0 Å². The van der Waals surface area contributed by atoms with Crippen LogP contribution in [0.25, 0.3) is 10.9 Å². The van der Waals surface area contributed by atoms with Crippen LogP contribution in [0, 0.1) is 0 Å². The van der Waals surface area contributed by atoms with Gasteiger partial charge in [-0.05, 0) is 58.3 Å². The van der Waals surface area contributed by atoms with E-state index in [1.807, 2.05) is 18.2 Å². The fourth-order valence-electron chi connectivity index (χ4n) is 6.13. The number of likely N-dealkylation sites (tertiary alicyclic amines) is 1. The zero-order valence-corrected chi connectivity index (χ0v) is 23.2. The van der Waals surface area contributed by atoms with Gasteiger partial charge in [0.15, 0.2) is 5.75 Å². The molecule has 0 radical (unpaired) electrons. The molecule has 3 aromatic rings. The van der Waals surface area contributed by atoms with E-state index in [9.17, 15) is 9.90 Å². The number of hydrogen-bond donors (Lipinski definition) is 1. The number of carbonyl (C=O) groups is 1. The maximum Gasteiger partial charge on any atom is 0.407 e. The van der Waals surface area contributed by atoms with Crippen LogP contribution in [0.1, 0.15) is 49.1 Å². The van der Waals surface area contributed by atoms with Crippen molar-refractivity contribution in [1.82, 2.24) is 14.9 Å². The molecule has 0 unspecified atom stereocenters. The van der Waals surface area contributed by atoms with Crippen molar-refractivity contribution in [1.29, 1.82) is 0 Å². The summed E-state index contributed by atoms with van der Waals surface area (Å²) >= 11 is 3.88. The SMILES string of the molecule is O=C(O)N1C[C@@H]2C[C@H]1CN2c1nc(OC2CCOCC2)nc2c(OCc3ccccc3)c(Br)c(C3CC3)cc12. The quantitative estimate of drug-likeness (QED) is 0.391. The Morgan fingerprint density at radius 2 is 1.87 bits per heavy atom. The summed E-state index contributed by atoms with van der Waals surface area (Å²) in [6.45, 7) is 2.82. The minimum absolute atomic E-state index is 0.00977. The zero-order chi connectivity index (χ0) is 26.5. The number of ether oxygens (including phenoxy) is 3. The predicted octanol–water partition coefficient (Wildman–Crippen LogP) is 5.35. The molecule has 3 saturated heterocycles. The maximum absolute atomic E-state index is 11.7. The molecule has 10 heteroatoms. The van der Waals surface area contributed by atoms with Crippen LogP contribution in [0.4, 0.5) is 10.6 Å². The number of aromatic nitrogens is 2. The fraction of sp³-hybridized carbons (Fsp3) is 0.483. The van der Waals surface area contributed by atoms with Crippen LogP contribution in [-0.2, 0) is 11.3 Å². The van der Waals surface area contributed by atoms with E-state index >= 15 is 0 Å². The highest BCUT2D eigenvalue weighted by molar-refractivity contribution is 9.10.